The first-order valence-corrected chi connectivity index (χ1v) is 9.66. The molecular formula is C17H18Cl2N4O2S. The summed E-state index contributed by atoms with van der Waals surface area (Å²) in [5, 5.41) is 18.7. The van der Waals surface area contributed by atoms with Gasteiger partial charge in [0.2, 0.25) is 0 Å². The summed E-state index contributed by atoms with van der Waals surface area (Å²) in [6.07, 6.45) is -0.778. The molecule has 0 unspecified atom stereocenters. The maximum absolute atomic E-state index is 11.8. The number of nitriles is 1. The Morgan fingerprint density at radius 2 is 2.08 bits per heavy atom. The van der Waals surface area contributed by atoms with E-state index in [1.165, 1.54) is 18.7 Å². The highest BCUT2D eigenvalue weighted by atomic mass is 35.5. The van der Waals surface area contributed by atoms with Gasteiger partial charge in [-0.2, -0.15) is 5.26 Å². The molecule has 9 heteroatoms. The van der Waals surface area contributed by atoms with Gasteiger partial charge in [-0.3, -0.25) is 4.79 Å². The minimum Gasteiger partial charge on any atom is -0.447 e. The minimum absolute atomic E-state index is 0.0383. The van der Waals surface area contributed by atoms with Gasteiger partial charge in [0.25, 0.3) is 0 Å². The molecule has 138 valence electrons. The molecule has 6 nitrogen and oxygen atoms in total. The summed E-state index contributed by atoms with van der Waals surface area (Å²) >= 11 is 13.5. The van der Waals surface area contributed by atoms with Gasteiger partial charge in [0.1, 0.15) is 6.07 Å². The number of hydrogen-bond donors (Lipinski definition) is 0. The van der Waals surface area contributed by atoms with Gasteiger partial charge in [-0.25, -0.2) is 0 Å². The zero-order valence-corrected chi connectivity index (χ0v) is 16.9. The van der Waals surface area contributed by atoms with Crippen molar-refractivity contribution >= 4 is 40.9 Å². The Bertz CT molecular complexity index is 833. The molecule has 1 aromatic carbocycles. The molecule has 0 N–H and O–H groups in total. The minimum atomic E-state index is -0.778. The highest BCUT2D eigenvalue weighted by Gasteiger charge is 2.19. The second kappa shape index (κ2) is 9.26. The summed E-state index contributed by atoms with van der Waals surface area (Å²) < 4.78 is 6.87. The Morgan fingerprint density at radius 3 is 2.69 bits per heavy atom. The van der Waals surface area contributed by atoms with E-state index in [0.29, 0.717) is 33.5 Å². The smallest absolute Gasteiger partial charge is 0.317 e. The molecule has 0 fully saturated rings. The van der Waals surface area contributed by atoms with Gasteiger partial charge in [0, 0.05) is 17.1 Å². The largest absolute Gasteiger partial charge is 0.447 e. The summed E-state index contributed by atoms with van der Waals surface area (Å²) in [5.74, 6) is 0.507. The van der Waals surface area contributed by atoms with E-state index in [1.807, 2.05) is 10.6 Å². The summed E-state index contributed by atoms with van der Waals surface area (Å²) in [6.45, 7) is 6.33. The van der Waals surface area contributed by atoms with Crippen molar-refractivity contribution in [3.63, 3.8) is 0 Å². The lowest BCUT2D eigenvalue weighted by atomic mass is 10.2. The van der Waals surface area contributed by atoms with E-state index >= 15 is 0 Å². The Balaban J connectivity index is 2.26. The molecule has 2 aromatic rings. The fourth-order valence-corrected chi connectivity index (χ4v) is 3.40. The first kappa shape index (κ1) is 20.6. The number of benzene rings is 1. The Morgan fingerprint density at radius 1 is 1.35 bits per heavy atom. The molecule has 0 saturated carbocycles. The third kappa shape index (κ3) is 5.37. The topological polar surface area (TPSA) is 80.8 Å². The fraction of sp³-hybridized carbons (Fsp3) is 0.412. The van der Waals surface area contributed by atoms with E-state index in [2.05, 4.69) is 24.0 Å². The third-order valence-electron chi connectivity index (χ3n) is 3.25. The zero-order valence-electron chi connectivity index (χ0n) is 14.6. The summed E-state index contributed by atoms with van der Waals surface area (Å²) in [7, 11) is 0. The Labute approximate surface area is 166 Å². The number of hydrogen-bond acceptors (Lipinski definition) is 6. The van der Waals surface area contributed by atoms with Crippen LogP contribution in [-0.4, -0.2) is 32.6 Å². The zero-order chi connectivity index (χ0) is 19.3. The SMILES string of the molecule is CC(C)Cn1c(SCC(=O)O[C@@H](C)C#N)nnc1-c1ccc(Cl)cc1Cl. The molecule has 0 saturated heterocycles. The highest BCUT2D eigenvalue weighted by Crippen LogP contribution is 2.32. The van der Waals surface area contributed by atoms with Crippen LogP contribution in [0.15, 0.2) is 23.4 Å². The second-order valence-corrected chi connectivity index (χ2v) is 7.77. The van der Waals surface area contributed by atoms with Crippen molar-refractivity contribution < 1.29 is 9.53 Å². The predicted octanol–water partition coefficient (Wildman–Crippen LogP) is 4.46. The van der Waals surface area contributed by atoms with Crippen LogP contribution in [0, 0.1) is 17.2 Å². The van der Waals surface area contributed by atoms with Gasteiger partial charge in [0.05, 0.1) is 10.8 Å². The van der Waals surface area contributed by atoms with Crippen molar-refractivity contribution in [3.05, 3.63) is 28.2 Å². The molecule has 0 aliphatic carbocycles. The number of halogens is 2. The lowest BCUT2D eigenvalue weighted by Gasteiger charge is -2.13. The fourth-order valence-electron chi connectivity index (χ4n) is 2.18. The van der Waals surface area contributed by atoms with Gasteiger partial charge in [-0.05, 0) is 31.0 Å². The molecule has 2 rings (SSSR count). The molecule has 0 spiro atoms. The van der Waals surface area contributed by atoms with Crippen LogP contribution in [-0.2, 0) is 16.1 Å². The number of nitrogens with zero attached hydrogens (tertiary/aromatic N) is 4. The first-order valence-electron chi connectivity index (χ1n) is 7.92. The number of rotatable bonds is 7. The van der Waals surface area contributed by atoms with E-state index in [0.717, 1.165) is 5.56 Å². The average molecular weight is 413 g/mol. The quantitative estimate of drug-likeness (QED) is 0.493. The van der Waals surface area contributed by atoms with Crippen molar-refractivity contribution in [2.45, 2.75) is 38.6 Å². The van der Waals surface area contributed by atoms with Crippen LogP contribution in [0.4, 0.5) is 0 Å². The Hall–Kier alpha value is -1.75. The highest BCUT2D eigenvalue weighted by molar-refractivity contribution is 7.99. The maximum atomic E-state index is 11.8. The van der Waals surface area contributed by atoms with Crippen LogP contribution >= 0.6 is 35.0 Å². The molecule has 0 amide bonds. The maximum Gasteiger partial charge on any atom is 0.317 e. The second-order valence-electron chi connectivity index (χ2n) is 5.98. The molecule has 0 aliphatic heterocycles. The van der Waals surface area contributed by atoms with Gasteiger partial charge in [-0.1, -0.05) is 48.8 Å². The average Bonchev–Trinajstić information content (AvgIpc) is 2.94. The predicted molar refractivity (Wildman–Crippen MR) is 102 cm³/mol. The van der Waals surface area contributed by atoms with Crippen LogP contribution in [0.5, 0.6) is 0 Å². The van der Waals surface area contributed by atoms with Crippen molar-refractivity contribution in [2.24, 2.45) is 5.92 Å². The normalized spacial score (nSPS) is 12.0. The number of esters is 1. The van der Waals surface area contributed by atoms with E-state index in [9.17, 15) is 4.79 Å². The molecule has 1 atom stereocenters. The standard InChI is InChI=1S/C17H18Cl2N4O2S/c1-10(2)8-23-16(13-5-4-12(18)6-14(13)19)21-22-17(23)26-9-15(24)25-11(3)7-20/h4-6,10-11H,8-9H2,1-3H3/t11-/m0/s1. The number of carbonyl (C=O) groups is 1. The van der Waals surface area contributed by atoms with Gasteiger partial charge in [-0.15, -0.1) is 10.2 Å². The molecule has 0 bridgehead atoms. The van der Waals surface area contributed by atoms with Crippen molar-refractivity contribution in [3.8, 4) is 17.5 Å². The van der Waals surface area contributed by atoms with Crippen LogP contribution in [0.25, 0.3) is 11.4 Å². The van der Waals surface area contributed by atoms with Crippen LogP contribution < -0.4 is 0 Å². The van der Waals surface area contributed by atoms with Crippen LogP contribution in [0.2, 0.25) is 10.0 Å². The summed E-state index contributed by atoms with van der Waals surface area (Å²) in [4.78, 5) is 11.8. The molecule has 0 radical (unpaired) electrons. The van der Waals surface area contributed by atoms with E-state index in [4.69, 9.17) is 33.2 Å². The monoisotopic (exact) mass is 412 g/mol. The number of aromatic nitrogens is 3. The molecule has 1 aromatic heterocycles. The van der Waals surface area contributed by atoms with Crippen molar-refractivity contribution in [1.29, 1.82) is 5.26 Å². The molecule has 0 aliphatic rings. The third-order valence-corrected chi connectivity index (χ3v) is 4.73. The van der Waals surface area contributed by atoms with Gasteiger partial charge < -0.3 is 9.30 Å². The number of ether oxygens (including phenoxy) is 1. The first-order chi connectivity index (χ1) is 12.3. The summed E-state index contributed by atoms with van der Waals surface area (Å²) in [5.41, 5.74) is 0.719. The lowest BCUT2D eigenvalue weighted by Crippen LogP contribution is -2.15. The summed E-state index contributed by atoms with van der Waals surface area (Å²) in [6, 6.07) is 7.05. The van der Waals surface area contributed by atoms with Crippen LogP contribution in [0.1, 0.15) is 20.8 Å². The van der Waals surface area contributed by atoms with E-state index < -0.39 is 12.1 Å². The molecule has 26 heavy (non-hydrogen) atoms. The number of thioether (sulfide) groups is 1. The molecular weight excluding hydrogens is 395 g/mol. The van der Waals surface area contributed by atoms with Crippen molar-refractivity contribution in [1.82, 2.24) is 14.8 Å². The van der Waals surface area contributed by atoms with E-state index in [1.54, 1.807) is 18.2 Å². The van der Waals surface area contributed by atoms with Crippen LogP contribution in [0.3, 0.4) is 0 Å². The lowest BCUT2D eigenvalue weighted by molar-refractivity contribution is -0.142. The van der Waals surface area contributed by atoms with E-state index in [-0.39, 0.29) is 5.75 Å². The van der Waals surface area contributed by atoms with Gasteiger partial charge in [0.15, 0.2) is 17.1 Å². The van der Waals surface area contributed by atoms with Gasteiger partial charge >= 0.3 is 5.97 Å². The van der Waals surface area contributed by atoms with Crippen molar-refractivity contribution in [2.75, 3.05) is 5.75 Å². The molecule has 1 heterocycles. The number of carbonyl (C=O) groups excluding carboxylic acids is 1. The Kier molecular flexibility index (Phi) is 7.33.